The molecule has 1 aromatic carbocycles. The predicted molar refractivity (Wildman–Crippen MR) is 134 cm³/mol. The number of aromatic nitrogens is 1. The summed E-state index contributed by atoms with van der Waals surface area (Å²) in [5.41, 5.74) is 0.431. The van der Waals surface area contributed by atoms with Gasteiger partial charge in [0, 0.05) is 18.2 Å². The van der Waals surface area contributed by atoms with Crippen LogP contribution in [0.5, 0.6) is 0 Å². The van der Waals surface area contributed by atoms with Gasteiger partial charge < -0.3 is 14.7 Å². The summed E-state index contributed by atoms with van der Waals surface area (Å²) in [6, 6.07) is 5.87. The first-order valence-electron chi connectivity index (χ1n) is 11.8. The van der Waals surface area contributed by atoms with Gasteiger partial charge in [-0.3, -0.25) is 10.1 Å². The van der Waals surface area contributed by atoms with Gasteiger partial charge in [-0.15, -0.1) is 0 Å². The molecule has 2 N–H and O–H groups in total. The monoisotopic (exact) mass is 541 g/mol. The number of hydrogen-bond acceptors (Lipinski definition) is 7. The molecule has 1 aliphatic carbocycles. The highest BCUT2D eigenvalue weighted by Gasteiger charge is 2.44. The lowest BCUT2D eigenvalue weighted by molar-refractivity contribution is -0.139. The summed E-state index contributed by atoms with van der Waals surface area (Å²) in [5, 5.41) is 12.0. The van der Waals surface area contributed by atoms with Crippen molar-refractivity contribution in [3.63, 3.8) is 0 Å². The van der Waals surface area contributed by atoms with E-state index in [-0.39, 0.29) is 41.0 Å². The molecule has 2 aromatic rings. The van der Waals surface area contributed by atoms with E-state index in [0.717, 1.165) is 45.7 Å². The van der Waals surface area contributed by atoms with Gasteiger partial charge in [-0.05, 0) is 51.5 Å². The van der Waals surface area contributed by atoms with Crippen LogP contribution in [0, 0.1) is 11.7 Å². The van der Waals surface area contributed by atoms with Crippen LogP contribution in [0.2, 0.25) is 0 Å². The summed E-state index contributed by atoms with van der Waals surface area (Å²) in [6.07, 6.45) is 4.67. The zero-order valence-electron chi connectivity index (χ0n) is 20.6. The lowest BCUT2D eigenvalue weighted by atomic mass is 9.86. The van der Waals surface area contributed by atoms with Crippen LogP contribution in [0.1, 0.15) is 52.0 Å². The number of carbonyl (C=O) groups is 2. The van der Waals surface area contributed by atoms with Crippen molar-refractivity contribution < 1.29 is 32.2 Å². The number of carboxylic acids is 1. The van der Waals surface area contributed by atoms with Crippen molar-refractivity contribution in [3.05, 3.63) is 41.8 Å². The van der Waals surface area contributed by atoms with Crippen LogP contribution in [-0.2, 0) is 26.0 Å². The Morgan fingerprint density at radius 1 is 1.25 bits per heavy atom. The van der Waals surface area contributed by atoms with Crippen LogP contribution in [0.3, 0.4) is 0 Å². The lowest BCUT2D eigenvalue weighted by Crippen LogP contribution is -2.46. The summed E-state index contributed by atoms with van der Waals surface area (Å²) in [5.74, 6) is -1.25. The third kappa shape index (κ3) is 6.40. The molecule has 198 valence electrons. The van der Waals surface area contributed by atoms with Gasteiger partial charge >= 0.3 is 12.0 Å². The first-order valence-corrected chi connectivity index (χ1v) is 14.1. The number of carboxylic acid groups (broad SMARTS) is 1. The van der Waals surface area contributed by atoms with Gasteiger partial charge in [0.25, 0.3) is 0 Å². The summed E-state index contributed by atoms with van der Waals surface area (Å²) >= 11 is 0.710. The molecular formula is C24H32FN3O6S2. The average Bonchev–Trinajstić information content (AvgIpc) is 3.30. The van der Waals surface area contributed by atoms with Crippen LogP contribution < -0.4 is 5.32 Å². The molecule has 1 heterocycles. The molecule has 9 nitrogen and oxygen atoms in total. The van der Waals surface area contributed by atoms with Crippen LogP contribution in [0.4, 0.5) is 14.3 Å². The van der Waals surface area contributed by atoms with Gasteiger partial charge in [-0.2, -0.15) is 0 Å². The second-order valence-corrected chi connectivity index (χ2v) is 13.2. The van der Waals surface area contributed by atoms with E-state index in [2.05, 4.69) is 17.2 Å². The standard InChI is InChI=1S/C24H32FN3O6S2/c1-16-8-10-18(11-9-16)28(12-13-34-15-17-6-4-5-7-19(17)25)23(31)27-22-26-14-20(35-22)36(32,33)24(2,3)21(29)30/h4-7,14,16,18H,8-13,15H2,1-3H3,(H,29,30)(H,26,27,31). The number of aliphatic carboxylic acids is 1. The summed E-state index contributed by atoms with van der Waals surface area (Å²) in [4.78, 5) is 30.3. The predicted octanol–water partition coefficient (Wildman–Crippen LogP) is 4.55. The lowest BCUT2D eigenvalue weighted by Gasteiger charge is -2.36. The molecule has 0 atom stereocenters. The summed E-state index contributed by atoms with van der Waals surface area (Å²) in [7, 11) is -4.21. The number of ether oxygens (including phenoxy) is 1. The first-order chi connectivity index (χ1) is 16.9. The maximum Gasteiger partial charge on any atom is 0.324 e. The van der Waals surface area contributed by atoms with Crippen molar-refractivity contribution in [2.75, 3.05) is 18.5 Å². The molecule has 0 bridgehead atoms. The second-order valence-electron chi connectivity index (χ2n) is 9.48. The zero-order valence-corrected chi connectivity index (χ0v) is 22.2. The maximum absolute atomic E-state index is 13.8. The molecule has 0 radical (unpaired) electrons. The quantitative estimate of drug-likeness (QED) is 0.423. The van der Waals surface area contributed by atoms with E-state index in [4.69, 9.17) is 4.74 Å². The number of carbonyl (C=O) groups excluding carboxylic acids is 1. The fraction of sp³-hybridized carbons (Fsp3) is 0.542. The molecule has 1 aromatic heterocycles. The van der Waals surface area contributed by atoms with E-state index in [1.54, 1.807) is 23.1 Å². The number of amides is 2. The van der Waals surface area contributed by atoms with Crippen LogP contribution in [0.15, 0.2) is 34.7 Å². The molecule has 0 unspecified atom stereocenters. The van der Waals surface area contributed by atoms with Gasteiger partial charge in [0.15, 0.2) is 9.88 Å². The Morgan fingerprint density at radius 3 is 2.56 bits per heavy atom. The second kappa shape index (κ2) is 11.7. The average molecular weight is 542 g/mol. The van der Waals surface area contributed by atoms with Gasteiger partial charge in [0.1, 0.15) is 10.0 Å². The van der Waals surface area contributed by atoms with Crippen LogP contribution >= 0.6 is 11.3 Å². The van der Waals surface area contributed by atoms with E-state index in [9.17, 15) is 27.5 Å². The van der Waals surface area contributed by atoms with E-state index < -0.39 is 26.6 Å². The Bertz CT molecular complexity index is 1180. The molecular weight excluding hydrogens is 509 g/mol. The number of sulfone groups is 1. The number of halogens is 1. The SMILES string of the molecule is CC1CCC(N(CCOCc2ccccc2F)C(=O)Nc2ncc(S(=O)(=O)C(C)(C)C(=O)O)s2)CC1. The minimum absolute atomic E-state index is 0.0210. The number of urea groups is 1. The van der Waals surface area contributed by atoms with Gasteiger partial charge in [0.05, 0.1) is 19.4 Å². The highest BCUT2D eigenvalue weighted by atomic mass is 32.2. The van der Waals surface area contributed by atoms with Gasteiger partial charge in [0.2, 0.25) is 9.84 Å². The Hall–Kier alpha value is -2.57. The van der Waals surface area contributed by atoms with E-state index in [1.165, 1.54) is 6.07 Å². The third-order valence-corrected chi connectivity index (χ3v) is 10.3. The molecule has 0 spiro atoms. The number of rotatable bonds is 10. The highest BCUT2D eigenvalue weighted by molar-refractivity contribution is 7.95. The summed E-state index contributed by atoms with van der Waals surface area (Å²) in [6.45, 7) is 4.93. The molecule has 1 saturated carbocycles. The van der Waals surface area contributed by atoms with Crippen molar-refractivity contribution in [1.82, 2.24) is 9.88 Å². The van der Waals surface area contributed by atoms with Crippen molar-refractivity contribution in [3.8, 4) is 0 Å². The van der Waals surface area contributed by atoms with Crippen molar-refractivity contribution in [2.45, 2.75) is 68.1 Å². The number of hydrogen-bond donors (Lipinski definition) is 2. The Kier molecular flexibility index (Phi) is 9.07. The molecule has 3 rings (SSSR count). The molecule has 12 heteroatoms. The first kappa shape index (κ1) is 28.0. The Morgan fingerprint density at radius 2 is 1.92 bits per heavy atom. The van der Waals surface area contributed by atoms with Gasteiger partial charge in [-0.1, -0.05) is 36.5 Å². The molecule has 0 aliphatic heterocycles. The maximum atomic E-state index is 13.8. The number of anilines is 1. The number of nitrogens with one attached hydrogen (secondary N) is 1. The zero-order chi connectivity index (χ0) is 26.5. The smallest absolute Gasteiger partial charge is 0.324 e. The number of thiazole rings is 1. The molecule has 2 amide bonds. The number of nitrogens with zero attached hydrogens (tertiary/aromatic N) is 2. The van der Waals surface area contributed by atoms with Crippen LogP contribution in [-0.4, -0.2) is 59.3 Å². The van der Waals surface area contributed by atoms with Crippen molar-refractivity contribution in [2.24, 2.45) is 5.92 Å². The van der Waals surface area contributed by atoms with Crippen LogP contribution in [0.25, 0.3) is 0 Å². The largest absolute Gasteiger partial charge is 0.480 e. The third-order valence-electron chi connectivity index (χ3n) is 6.53. The minimum Gasteiger partial charge on any atom is -0.480 e. The molecule has 1 fully saturated rings. The topological polar surface area (TPSA) is 126 Å². The van der Waals surface area contributed by atoms with Crippen molar-refractivity contribution >= 4 is 38.3 Å². The van der Waals surface area contributed by atoms with Gasteiger partial charge in [-0.25, -0.2) is 22.6 Å². The minimum atomic E-state index is -4.21. The fourth-order valence-electron chi connectivity index (χ4n) is 3.94. The molecule has 0 saturated heterocycles. The van der Waals surface area contributed by atoms with E-state index >= 15 is 0 Å². The fourth-order valence-corrected chi connectivity index (χ4v) is 6.70. The normalized spacial score (nSPS) is 18.6. The Balaban J connectivity index is 1.68. The molecule has 1 aliphatic rings. The Labute approximate surface area is 214 Å². The highest BCUT2D eigenvalue weighted by Crippen LogP contribution is 2.32. The summed E-state index contributed by atoms with van der Waals surface area (Å²) < 4.78 is 42.7. The number of benzene rings is 1. The molecule has 36 heavy (non-hydrogen) atoms. The van der Waals surface area contributed by atoms with E-state index in [1.807, 2.05) is 0 Å². The van der Waals surface area contributed by atoms with E-state index in [0.29, 0.717) is 22.8 Å². The van der Waals surface area contributed by atoms with Crippen molar-refractivity contribution in [1.29, 1.82) is 0 Å².